The van der Waals surface area contributed by atoms with Crippen molar-refractivity contribution >= 4 is 21.6 Å². The van der Waals surface area contributed by atoms with Crippen LogP contribution in [0.15, 0.2) is 46.9 Å². The van der Waals surface area contributed by atoms with Crippen molar-refractivity contribution in [2.24, 2.45) is 0 Å². The number of anilines is 1. The molecule has 4 heteroatoms. The third-order valence-corrected chi connectivity index (χ3v) is 4.20. The maximum atomic E-state index is 11.0. The second kappa shape index (κ2) is 6.43. The van der Waals surface area contributed by atoms with Crippen molar-refractivity contribution in [1.82, 2.24) is 0 Å². The lowest BCUT2D eigenvalue weighted by atomic mass is 9.87. The number of benzene rings is 2. The molecule has 0 fully saturated rings. The molecule has 0 aliphatic rings. The SMILES string of the molecule is C#CC(O)(c1ccc(OC)cc1)c1ccc(N(C)C)c(Br)c1. The van der Waals surface area contributed by atoms with Crippen LogP contribution in [0, 0.1) is 12.3 Å². The van der Waals surface area contributed by atoms with Crippen molar-refractivity contribution in [3.05, 3.63) is 58.1 Å². The summed E-state index contributed by atoms with van der Waals surface area (Å²) in [5.74, 6) is 3.22. The van der Waals surface area contributed by atoms with Crippen molar-refractivity contribution < 1.29 is 9.84 Å². The molecule has 0 aromatic heterocycles. The summed E-state index contributed by atoms with van der Waals surface area (Å²) in [6, 6.07) is 12.7. The predicted octanol–water partition coefficient (Wildman–Crippen LogP) is 3.39. The van der Waals surface area contributed by atoms with Gasteiger partial charge in [-0.1, -0.05) is 24.1 Å². The molecule has 0 amide bonds. The summed E-state index contributed by atoms with van der Waals surface area (Å²) in [6.07, 6.45) is 5.63. The Morgan fingerprint density at radius 2 is 1.73 bits per heavy atom. The number of ether oxygens (including phenoxy) is 1. The fourth-order valence-electron chi connectivity index (χ4n) is 2.26. The van der Waals surface area contributed by atoms with Crippen LogP contribution >= 0.6 is 15.9 Å². The average Bonchev–Trinajstić information content (AvgIpc) is 2.53. The topological polar surface area (TPSA) is 32.7 Å². The summed E-state index contributed by atoms with van der Waals surface area (Å²) in [7, 11) is 5.51. The Labute approximate surface area is 139 Å². The summed E-state index contributed by atoms with van der Waals surface area (Å²) >= 11 is 3.52. The number of rotatable bonds is 4. The van der Waals surface area contributed by atoms with E-state index in [9.17, 15) is 5.11 Å². The Kier molecular flexibility index (Phi) is 4.80. The van der Waals surface area contributed by atoms with Crippen LogP contribution in [0.1, 0.15) is 11.1 Å². The van der Waals surface area contributed by atoms with E-state index >= 15 is 0 Å². The van der Waals surface area contributed by atoms with Crippen LogP contribution in [-0.2, 0) is 5.60 Å². The Morgan fingerprint density at radius 3 is 2.18 bits per heavy atom. The molecule has 3 nitrogen and oxygen atoms in total. The van der Waals surface area contributed by atoms with Crippen LogP contribution in [0.25, 0.3) is 0 Å². The van der Waals surface area contributed by atoms with Gasteiger partial charge >= 0.3 is 0 Å². The third-order valence-electron chi connectivity index (χ3n) is 3.56. The maximum Gasteiger partial charge on any atom is 0.176 e. The number of terminal acetylenes is 1. The summed E-state index contributed by atoms with van der Waals surface area (Å²) in [4.78, 5) is 1.98. The molecule has 2 aromatic carbocycles. The minimum absolute atomic E-state index is 0.625. The highest BCUT2D eigenvalue weighted by Crippen LogP contribution is 2.34. The van der Waals surface area contributed by atoms with Gasteiger partial charge in [-0.25, -0.2) is 0 Å². The van der Waals surface area contributed by atoms with Crippen LogP contribution in [0.2, 0.25) is 0 Å². The van der Waals surface area contributed by atoms with E-state index in [0.29, 0.717) is 16.9 Å². The minimum atomic E-state index is -1.49. The first-order chi connectivity index (χ1) is 10.4. The molecule has 0 heterocycles. The maximum absolute atomic E-state index is 11.0. The number of aliphatic hydroxyl groups is 1. The summed E-state index contributed by atoms with van der Waals surface area (Å²) < 4.78 is 6.01. The van der Waals surface area contributed by atoms with Gasteiger partial charge in [0.05, 0.1) is 12.8 Å². The van der Waals surface area contributed by atoms with E-state index in [-0.39, 0.29) is 0 Å². The van der Waals surface area contributed by atoms with Gasteiger partial charge in [-0.05, 0) is 40.2 Å². The van der Waals surface area contributed by atoms with Crippen LogP contribution in [0.5, 0.6) is 5.75 Å². The van der Waals surface area contributed by atoms with Crippen molar-refractivity contribution in [1.29, 1.82) is 0 Å². The first-order valence-corrected chi connectivity index (χ1v) is 7.53. The van der Waals surface area contributed by atoms with Crippen LogP contribution in [0.4, 0.5) is 5.69 Å². The van der Waals surface area contributed by atoms with Crippen molar-refractivity contribution in [2.75, 3.05) is 26.1 Å². The number of halogens is 1. The largest absolute Gasteiger partial charge is 0.497 e. The summed E-state index contributed by atoms with van der Waals surface area (Å²) in [5.41, 5.74) is 0.787. The zero-order valence-electron chi connectivity index (χ0n) is 12.8. The normalized spacial score (nSPS) is 13.1. The molecule has 0 aliphatic carbocycles. The standard InChI is InChI=1S/C18H18BrNO2/c1-5-18(21,13-6-9-15(22-4)10-7-13)14-8-11-17(20(2)3)16(19)12-14/h1,6-12,21H,2-4H3. The molecular formula is C18H18BrNO2. The second-order valence-electron chi connectivity index (χ2n) is 5.14. The fraction of sp³-hybridized carbons (Fsp3) is 0.222. The molecule has 0 saturated heterocycles. The van der Waals surface area contributed by atoms with E-state index in [2.05, 4.69) is 21.9 Å². The first-order valence-electron chi connectivity index (χ1n) is 6.74. The molecule has 114 valence electrons. The van der Waals surface area contributed by atoms with Crippen molar-refractivity contribution in [2.45, 2.75) is 5.60 Å². The molecule has 0 saturated carbocycles. The van der Waals surface area contributed by atoms with Crippen LogP contribution in [0.3, 0.4) is 0 Å². The molecule has 1 unspecified atom stereocenters. The number of hydrogen-bond donors (Lipinski definition) is 1. The molecule has 0 bridgehead atoms. The highest BCUT2D eigenvalue weighted by Gasteiger charge is 2.29. The van der Waals surface area contributed by atoms with Crippen LogP contribution in [-0.4, -0.2) is 26.3 Å². The van der Waals surface area contributed by atoms with Gasteiger partial charge in [0.25, 0.3) is 0 Å². The monoisotopic (exact) mass is 359 g/mol. The smallest absolute Gasteiger partial charge is 0.176 e. The summed E-state index contributed by atoms with van der Waals surface area (Å²) in [6.45, 7) is 0. The average molecular weight is 360 g/mol. The van der Waals surface area contributed by atoms with Gasteiger partial charge in [-0.15, -0.1) is 6.42 Å². The molecule has 2 aromatic rings. The third kappa shape index (κ3) is 2.96. The molecule has 2 rings (SSSR count). The van der Waals surface area contributed by atoms with Crippen molar-refractivity contribution in [3.63, 3.8) is 0 Å². The van der Waals surface area contributed by atoms with E-state index in [4.69, 9.17) is 11.2 Å². The Morgan fingerprint density at radius 1 is 1.14 bits per heavy atom. The quantitative estimate of drug-likeness (QED) is 0.849. The van der Waals surface area contributed by atoms with E-state index in [1.165, 1.54) is 0 Å². The predicted molar refractivity (Wildman–Crippen MR) is 93.3 cm³/mol. The summed E-state index contributed by atoms with van der Waals surface area (Å²) in [5, 5.41) is 11.0. The van der Waals surface area contributed by atoms with E-state index in [1.54, 1.807) is 31.4 Å². The number of hydrogen-bond acceptors (Lipinski definition) is 3. The van der Waals surface area contributed by atoms with E-state index < -0.39 is 5.60 Å². The van der Waals surface area contributed by atoms with Gasteiger partial charge in [0.15, 0.2) is 5.60 Å². The zero-order valence-corrected chi connectivity index (χ0v) is 14.4. The molecule has 22 heavy (non-hydrogen) atoms. The zero-order chi connectivity index (χ0) is 16.3. The molecule has 0 radical (unpaired) electrons. The van der Waals surface area contributed by atoms with Crippen LogP contribution < -0.4 is 9.64 Å². The second-order valence-corrected chi connectivity index (χ2v) is 6.00. The van der Waals surface area contributed by atoms with Gasteiger partial charge < -0.3 is 14.7 Å². The van der Waals surface area contributed by atoms with Gasteiger partial charge in [0, 0.05) is 29.7 Å². The Balaban J connectivity index is 2.50. The first kappa shape index (κ1) is 16.4. The highest BCUT2D eigenvalue weighted by molar-refractivity contribution is 9.10. The molecule has 1 N–H and O–H groups in total. The molecule has 1 atom stereocenters. The Hall–Kier alpha value is -1.96. The van der Waals surface area contributed by atoms with Crippen molar-refractivity contribution in [3.8, 4) is 18.1 Å². The van der Waals surface area contributed by atoms with Gasteiger partial charge in [0.1, 0.15) is 5.75 Å². The minimum Gasteiger partial charge on any atom is -0.497 e. The fourth-order valence-corrected chi connectivity index (χ4v) is 2.99. The van der Waals surface area contributed by atoms with Gasteiger partial charge in [0.2, 0.25) is 0 Å². The van der Waals surface area contributed by atoms with E-state index in [1.807, 2.05) is 37.2 Å². The highest BCUT2D eigenvalue weighted by atomic mass is 79.9. The Bertz CT molecular complexity index is 704. The number of nitrogens with zero attached hydrogens (tertiary/aromatic N) is 1. The molecule has 0 aliphatic heterocycles. The van der Waals surface area contributed by atoms with Gasteiger partial charge in [-0.3, -0.25) is 0 Å². The molecule has 0 spiro atoms. The number of methoxy groups -OCH3 is 1. The lowest BCUT2D eigenvalue weighted by Crippen LogP contribution is -2.25. The lowest BCUT2D eigenvalue weighted by Gasteiger charge is -2.25. The van der Waals surface area contributed by atoms with E-state index in [0.717, 1.165) is 10.2 Å². The molecular weight excluding hydrogens is 342 g/mol. The lowest BCUT2D eigenvalue weighted by molar-refractivity contribution is 0.145. The van der Waals surface area contributed by atoms with Gasteiger partial charge in [-0.2, -0.15) is 0 Å².